The summed E-state index contributed by atoms with van der Waals surface area (Å²) in [5, 5.41) is 4.24. The Kier molecular flexibility index (Phi) is 2.52. The molecule has 0 spiro atoms. The van der Waals surface area contributed by atoms with Gasteiger partial charge in [0.2, 0.25) is 0 Å². The Hall–Kier alpha value is -0.800. The maximum atomic E-state index is 6.21. The van der Waals surface area contributed by atoms with E-state index in [2.05, 4.69) is 22.1 Å². The largest absolute Gasteiger partial charge is 0.367 e. The quantitative estimate of drug-likeness (QED) is 0.807. The Labute approximate surface area is 101 Å². The number of anilines is 1. The lowest BCUT2D eigenvalue weighted by atomic mass is 9.95. The number of halogens is 1. The maximum absolute atomic E-state index is 6.21. The van der Waals surface area contributed by atoms with Gasteiger partial charge in [-0.15, -0.1) is 0 Å². The van der Waals surface area contributed by atoms with E-state index in [-0.39, 0.29) is 0 Å². The SMILES string of the molecule is CC1C2CNCC2CN1c1ccncc1Cl. The van der Waals surface area contributed by atoms with Crippen LogP contribution in [0.2, 0.25) is 5.02 Å². The molecular formula is C12H16ClN3. The molecule has 16 heavy (non-hydrogen) atoms. The van der Waals surface area contributed by atoms with Gasteiger partial charge in [0, 0.05) is 38.1 Å². The van der Waals surface area contributed by atoms with Gasteiger partial charge in [0.05, 0.1) is 10.7 Å². The molecule has 3 heterocycles. The second-order valence-corrected chi connectivity index (χ2v) is 5.21. The van der Waals surface area contributed by atoms with Crippen LogP contribution in [0, 0.1) is 11.8 Å². The number of rotatable bonds is 1. The summed E-state index contributed by atoms with van der Waals surface area (Å²) in [5.74, 6) is 1.54. The lowest BCUT2D eigenvalue weighted by Crippen LogP contribution is -2.33. The first-order valence-electron chi connectivity index (χ1n) is 5.84. The zero-order valence-electron chi connectivity index (χ0n) is 9.36. The topological polar surface area (TPSA) is 28.2 Å². The van der Waals surface area contributed by atoms with Crippen LogP contribution in [0.4, 0.5) is 5.69 Å². The molecule has 0 radical (unpaired) electrons. The Morgan fingerprint density at radius 2 is 2.38 bits per heavy atom. The fourth-order valence-corrected chi connectivity index (χ4v) is 3.31. The van der Waals surface area contributed by atoms with Crippen molar-refractivity contribution in [3.63, 3.8) is 0 Å². The highest BCUT2D eigenvalue weighted by molar-refractivity contribution is 6.33. The fraction of sp³-hybridized carbons (Fsp3) is 0.583. The van der Waals surface area contributed by atoms with Gasteiger partial charge in [0.1, 0.15) is 0 Å². The van der Waals surface area contributed by atoms with Crippen LogP contribution in [0.5, 0.6) is 0 Å². The van der Waals surface area contributed by atoms with Crippen LogP contribution in [0.25, 0.3) is 0 Å². The lowest BCUT2D eigenvalue weighted by Gasteiger charge is -2.27. The molecule has 2 saturated heterocycles. The van der Waals surface area contributed by atoms with E-state index in [0.717, 1.165) is 42.2 Å². The molecule has 86 valence electrons. The van der Waals surface area contributed by atoms with Crippen molar-refractivity contribution >= 4 is 17.3 Å². The first kappa shape index (κ1) is 10.4. The van der Waals surface area contributed by atoms with Gasteiger partial charge in [0.25, 0.3) is 0 Å². The molecule has 0 aromatic carbocycles. The van der Waals surface area contributed by atoms with E-state index >= 15 is 0 Å². The molecule has 3 nitrogen and oxygen atoms in total. The van der Waals surface area contributed by atoms with Crippen LogP contribution in [-0.4, -0.2) is 30.7 Å². The van der Waals surface area contributed by atoms with E-state index in [9.17, 15) is 0 Å². The minimum absolute atomic E-state index is 0.569. The minimum Gasteiger partial charge on any atom is -0.367 e. The molecule has 1 N–H and O–H groups in total. The summed E-state index contributed by atoms with van der Waals surface area (Å²) in [6, 6.07) is 2.59. The molecule has 0 saturated carbocycles. The number of fused-ring (bicyclic) bond motifs is 1. The minimum atomic E-state index is 0.569. The first-order valence-corrected chi connectivity index (χ1v) is 6.22. The third-order valence-electron chi connectivity index (χ3n) is 3.99. The molecule has 0 aliphatic carbocycles. The Balaban J connectivity index is 1.89. The number of hydrogen-bond donors (Lipinski definition) is 1. The van der Waals surface area contributed by atoms with Crippen molar-refractivity contribution in [3.8, 4) is 0 Å². The summed E-state index contributed by atoms with van der Waals surface area (Å²) in [5.41, 5.74) is 1.14. The van der Waals surface area contributed by atoms with Crippen LogP contribution >= 0.6 is 11.6 Å². The average molecular weight is 238 g/mol. The monoisotopic (exact) mass is 237 g/mol. The highest BCUT2D eigenvalue weighted by Crippen LogP contribution is 2.38. The standard InChI is InChI=1S/C12H16ClN3/c1-8-10-5-15-4-9(10)7-16(8)12-2-3-14-6-11(12)13/h2-3,6,8-10,15H,4-5,7H2,1H3. The van der Waals surface area contributed by atoms with Gasteiger partial charge in [0.15, 0.2) is 0 Å². The third-order valence-corrected chi connectivity index (χ3v) is 4.29. The molecule has 2 aliphatic heterocycles. The molecule has 3 atom stereocenters. The highest BCUT2D eigenvalue weighted by Gasteiger charge is 2.42. The van der Waals surface area contributed by atoms with Gasteiger partial charge in [-0.2, -0.15) is 0 Å². The van der Waals surface area contributed by atoms with E-state index < -0.39 is 0 Å². The summed E-state index contributed by atoms with van der Waals surface area (Å²) >= 11 is 6.21. The third kappa shape index (κ3) is 1.50. The summed E-state index contributed by atoms with van der Waals surface area (Å²) in [6.45, 7) is 5.70. The smallest absolute Gasteiger partial charge is 0.0822 e. The second-order valence-electron chi connectivity index (χ2n) is 4.80. The normalized spacial score (nSPS) is 33.1. The number of aromatic nitrogens is 1. The predicted octanol–water partition coefficient (Wildman–Crippen LogP) is 1.78. The van der Waals surface area contributed by atoms with Crippen molar-refractivity contribution in [2.24, 2.45) is 11.8 Å². The predicted molar refractivity (Wildman–Crippen MR) is 65.9 cm³/mol. The zero-order chi connectivity index (χ0) is 11.1. The number of hydrogen-bond acceptors (Lipinski definition) is 3. The highest BCUT2D eigenvalue weighted by atomic mass is 35.5. The van der Waals surface area contributed by atoms with Crippen molar-refractivity contribution in [1.29, 1.82) is 0 Å². The van der Waals surface area contributed by atoms with Gasteiger partial charge in [-0.05, 0) is 24.8 Å². The van der Waals surface area contributed by atoms with Gasteiger partial charge in [-0.1, -0.05) is 11.6 Å². The molecule has 0 bridgehead atoms. The van der Waals surface area contributed by atoms with Gasteiger partial charge in [-0.3, -0.25) is 4.98 Å². The Morgan fingerprint density at radius 3 is 3.12 bits per heavy atom. The van der Waals surface area contributed by atoms with Gasteiger partial charge < -0.3 is 10.2 Å². The van der Waals surface area contributed by atoms with Crippen molar-refractivity contribution in [3.05, 3.63) is 23.5 Å². The Morgan fingerprint density at radius 1 is 1.50 bits per heavy atom. The zero-order valence-corrected chi connectivity index (χ0v) is 10.1. The van der Waals surface area contributed by atoms with Gasteiger partial charge >= 0.3 is 0 Å². The molecule has 3 rings (SSSR count). The number of nitrogens with zero attached hydrogens (tertiary/aromatic N) is 2. The molecular weight excluding hydrogens is 222 g/mol. The van der Waals surface area contributed by atoms with E-state index in [1.807, 2.05) is 12.3 Å². The number of pyridine rings is 1. The molecule has 3 unspecified atom stereocenters. The average Bonchev–Trinajstić information content (AvgIpc) is 2.83. The van der Waals surface area contributed by atoms with Gasteiger partial charge in [-0.25, -0.2) is 0 Å². The first-order chi connectivity index (χ1) is 7.77. The number of nitrogens with one attached hydrogen (secondary N) is 1. The van der Waals surface area contributed by atoms with E-state index in [0.29, 0.717) is 6.04 Å². The summed E-state index contributed by atoms with van der Waals surface area (Å²) in [4.78, 5) is 6.47. The van der Waals surface area contributed by atoms with Crippen LogP contribution in [0.1, 0.15) is 6.92 Å². The van der Waals surface area contributed by atoms with Crippen molar-refractivity contribution < 1.29 is 0 Å². The second kappa shape index (κ2) is 3.90. The van der Waals surface area contributed by atoms with Crippen molar-refractivity contribution in [2.45, 2.75) is 13.0 Å². The fourth-order valence-electron chi connectivity index (χ4n) is 3.09. The van der Waals surface area contributed by atoms with Crippen LogP contribution in [-0.2, 0) is 0 Å². The van der Waals surface area contributed by atoms with E-state index in [1.165, 1.54) is 0 Å². The van der Waals surface area contributed by atoms with E-state index in [4.69, 9.17) is 11.6 Å². The lowest BCUT2D eigenvalue weighted by molar-refractivity contribution is 0.471. The molecule has 1 aromatic rings. The summed E-state index contributed by atoms with van der Waals surface area (Å²) in [6.07, 6.45) is 3.55. The molecule has 4 heteroatoms. The van der Waals surface area contributed by atoms with Crippen molar-refractivity contribution in [1.82, 2.24) is 10.3 Å². The van der Waals surface area contributed by atoms with Crippen LogP contribution in [0.15, 0.2) is 18.5 Å². The summed E-state index contributed by atoms with van der Waals surface area (Å²) in [7, 11) is 0. The van der Waals surface area contributed by atoms with Crippen molar-refractivity contribution in [2.75, 3.05) is 24.5 Å². The van der Waals surface area contributed by atoms with Crippen LogP contribution in [0.3, 0.4) is 0 Å². The molecule has 0 amide bonds. The van der Waals surface area contributed by atoms with Crippen LogP contribution < -0.4 is 10.2 Å². The Bertz CT molecular complexity index is 396. The molecule has 2 aliphatic rings. The summed E-state index contributed by atoms with van der Waals surface area (Å²) < 4.78 is 0. The molecule has 2 fully saturated rings. The van der Waals surface area contributed by atoms with E-state index in [1.54, 1.807) is 6.20 Å². The molecule has 1 aromatic heterocycles. The maximum Gasteiger partial charge on any atom is 0.0822 e.